The Balaban J connectivity index is 1.69. The predicted octanol–water partition coefficient (Wildman–Crippen LogP) is 4.56. The summed E-state index contributed by atoms with van der Waals surface area (Å²) >= 11 is 6.30. The molecule has 0 atom stereocenters. The van der Waals surface area contributed by atoms with Crippen LogP contribution in [-0.4, -0.2) is 32.8 Å². The van der Waals surface area contributed by atoms with Crippen LogP contribution in [0.5, 0.6) is 23.0 Å². The molecule has 148 valence electrons. The van der Waals surface area contributed by atoms with E-state index in [4.69, 9.17) is 30.5 Å². The fraction of sp³-hybridized carbons (Fsp3) is 0.286. The summed E-state index contributed by atoms with van der Waals surface area (Å²) in [6, 6.07) is 8.76. The second kappa shape index (κ2) is 9.37. The van der Waals surface area contributed by atoms with Crippen LogP contribution in [0, 0.1) is 0 Å². The van der Waals surface area contributed by atoms with Crippen molar-refractivity contribution in [1.29, 1.82) is 0 Å². The molecule has 1 aliphatic rings. The van der Waals surface area contributed by atoms with Gasteiger partial charge in [0.15, 0.2) is 23.0 Å². The van der Waals surface area contributed by atoms with Crippen LogP contribution in [0.25, 0.3) is 6.08 Å². The van der Waals surface area contributed by atoms with Crippen molar-refractivity contribution in [3.05, 3.63) is 47.0 Å². The largest absolute Gasteiger partial charge is 0.493 e. The molecule has 2 aromatic carbocycles. The second-order valence-corrected chi connectivity index (χ2v) is 6.47. The van der Waals surface area contributed by atoms with Gasteiger partial charge in [-0.1, -0.05) is 18.5 Å². The summed E-state index contributed by atoms with van der Waals surface area (Å²) in [4.78, 5) is 12.2. The quantitative estimate of drug-likeness (QED) is 0.686. The first-order chi connectivity index (χ1) is 13.6. The van der Waals surface area contributed by atoms with Crippen LogP contribution in [0.15, 0.2) is 36.4 Å². The maximum atomic E-state index is 12.2. The van der Waals surface area contributed by atoms with Crippen molar-refractivity contribution in [2.45, 2.75) is 13.3 Å². The molecule has 1 aliphatic heterocycles. The van der Waals surface area contributed by atoms with Crippen LogP contribution < -0.4 is 24.3 Å². The number of fused-ring (bicyclic) bond motifs is 1. The predicted molar refractivity (Wildman–Crippen MR) is 109 cm³/mol. The molecule has 7 heteroatoms. The minimum atomic E-state index is -0.280. The van der Waals surface area contributed by atoms with Gasteiger partial charge < -0.3 is 24.3 Å². The molecule has 3 rings (SSSR count). The minimum absolute atomic E-state index is 0.280. The SMILES string of the molecule is CCCOc1c(Cl)cc(/C=C/C(=O)Nc2ccc3c(c2)OCCO3)cc1OC. The summed E-state index contributed by atoms with van der Waals surface area (Å²) in [5, 5.41) is 3.22. The molecule has 0 bridgehead atoms. The molecule has 2 aromatic rings. The van der Waals surface area contributed by atoms with Crippen molar-refractivity contribution >= 4 is 29.3 Å². The zero-order chi connectivity index (χ0) is 19.9. The van der Waals surface area contributed by atoms with Crippen molar-refractivity contribution in [1.82, 2.24) is 0 Å². The zero-order valence-corrected chi connectivity index (χ0v) is 16.5. The molecule has 0 fully saturated rings. The first-order valence-electron chi connectivity index (χ1n) is 8.99. The van der Waals surface area contributed by atoms with Crippen molar-refractivity contribution in [3.8, 4) is 23.0 Å². The smallest absolute Gasteiger partial charge is 0.248 e. The highest BCUT2D eigenvalue weighted by Crippen LogP contribution is 2.37. The molecule has 0 spiro atoms. The number of halogens is 1. The summed E-state index contributed by atoms with van der Waals surface area (Å²) in [5.74, 6) is 2.04. The number of amides is 1. The number of nitrogens with one attached hydrogen (secondary N) is 1. The number of carbonyl (C=O) groups is 1. The van der Waals surface area contributed by atoms with Crippen molar-refractivity contribution in [2.24, 2.45) is 0 Å². The third-order valence-electron chi connectivity index (χ3n) is 3.94. The summed E-state index contributed by atoms with van der Waals surface area (Å²) < 4.78 is 22.0. The average Bonchev–Trinajstić information content (AvgIpc) is 2.71. The standard InChI is InChI=1S/C21H22ClNO5/c1-3-8-28-21-16(22)11-14(12-19(21)25-2)4-7-20(24)23-15-5-6-17-18(13-15)27-10-9-26-17/h4-7,11-13H,3,8-10H2,1-2H3,(H,23,24)/b7-4+. The van der Waals surface area contributed by atoms with Crippen LogP contribution in [0.1, 0.15) is 18.9 Å². The Labute approximate surface area is 169 Å². The van der Waals surface area contributed by atoms with Crippen LogP contribution in [0.2, 0.25) is 5.02 Å². The van der Waals surface area contributed by atoms with Crippen molar-refractivity contribution < 1.29 is 23.7 Å². The van der Waals surface area contributed by atoms with Crippen molar-refractivity contribution in [3.63, 3.8) is 0 Å². The Morgan fingerprint density at radius 1 is 1.21 bits per heavy atom. The molecule has 0 saturated heterocycles. The van der Waals surface area contributed by atoms with Gasteiger partial charge >= 0.3 is 0 Å². The number of carbonyl (C=O) groups excluding carboxylic acids is 1. The molecule has 28 heavy (non-hydrogen) atoms. The van der Waals surface area contributed by atoms with Gasteiger partial charge in [-0.2, -0.15) is 0 Å². The third kappa shape index (κ3) is 4.89. The summed E-state index contributed by atoms with van der Waals surface area (Å²) in [6.07, 6.45) is 3.95. The van der Waals surface area contributed by atoms with E-state index in [-0.39, 0.29) is 5.91 Å². The van der Waals surface area contributed by atoms with E-state index in [0.29, 0.717) is 53.5 Å². The van der Waals surface area contributed by atoms with E-state index in [0.717, 1.165) is 12.0 Å². The lowest BCUT2D eigenvalue weighted by atomic mass is 10.2. The van der Waals surface area contributed by atoms with E-state index >= 15 is 0 Å². The number of benzene rings is 2. The van der Waals surface area contributed by atoms with E-state index in [1.54, 1.807) is 43.5 Å². The van der Waals surface area contributed by atoms with Crippen LogP contribution in [0.3, 0.4) is 0 Å². The lowest BCUT2D eigenvalue weighted by Crippen LogP contribution is -2.16. The van der Waals surface area contributed by atoms with Gasteiger partial charge in [0.2, 0.25) is 5.91 Å². The number of ether oxygens (including phenoxy) is 4. The van der Waals surface area contributed by atoms with Gasteiger partial charge in [-0.05, 0) is 42.3 Å². The second-order valence-electron chi connectivity index (χ2n) is 6.06. The highest BCUT2D eigenvalue weighted by molar-refractivity contribution is 6.32. The van der Waals surface area contributed by atoms with E-state index in [1.165, 1.54) is 6.08 Å². The van der Waals surface area contributed by atoms with E-state index in [9.17, 15) is 4.79 Å². The van der Waals surface area contributed by atoms with Gasteiger partial charge in [-0.15, -0.1) is 0 Å². The Bertz CT molecular complexity index is 881. The lowest BCUT2D eigenvalue weighted by molar-refractivity contribution is -0.111. The fourth-order valence-electron chi connectivity index (χ4n) is 2.66. The Kier molecular flexibility index (Phi) is 6.66. The number of anilines is 1. The number of methoxy groups -OCH3 is 1. The molecule has 1 heterocycles. The normalized spacial score (nSPS) is 12.7. The maximum absolute atomic E-state index is 12.2. The van der Waals surface area contributed by atoms with Crippen LogP contribution in [0.4, 0.5) is 5.69 Å². The van der Waals surface area contributed by atoms with Gasteiger partial charge in [0.05, 0.1) is 18.7 Å². The summed E-state index contributed by atoms with van der Waals surface area (Å²) in [7, 11) is 1.55. The molecule has 0 saturated carbocycles. The van der Waals surface area contributed by atoms with E-state index in [1.807, 2.05) is 6.92 Å². The lowest BCUT2D eigenvalue weighted by Gasteiger charge is -2.18. The molecule has 0 aromatic heterocycles. The molecule has 0 aliphatic carbocycles. The summed E-state index contributed by atoms with van der Waals surface area (Å²) in [6.45, 7) is 3.57. The first-order valence-corrected chi connectivity index (χ1v) is 9.37. The first kappa shape index (κ1) is 19.9. The number of hydrogen-bond acceptors (Lipinski definition) is 5. The topological polar surface area (TPSA) is 66.0 Å². The molecule has 1 N–H and O–H groups in total. The molecular weight excluding hydrogens is 382 g/mol. The highest BCUT2D eigenvalue weighted by atomic mass is 35.5. The third-order valence-corrected chi connectivity index (χ3v) is 4.22. The molecule has 1 amide bonds. The van der Waals surface area contributed by atoms with Crippen LogP contribution >= 0.6 is 11.6 Å². The zero-order valence-electron chi connectivity index (χ0n) is 15.8. The van der Waals surface area contributed by atoms with E-state index in [2.05, 4.69) is 5.32 Å². The molecule has 0 unspecified atom stereocenters. The van der Waals surface area contributed by atoms with Crippen molar-refractivity contribution in [2.75, 3.05) is 32.2 Å². The number of hydrogen-bond donors (Lipinski definition) is 1. The molecular formula is C21H22ClNO5. The highest BCUT2D eigenvalue weighted by Gasteiger charge is 2.13. The summed E-state index contributed by atoms with van der Waals surface area (Å²) in [5.41, 5.74) is 1.35. The Morgan fingerprint density at radius 2 is 2.00 bits per heavy atom. The minimum Gasteiger partial charge on any atom is -0.493 e. The van der Waals surface area contributed by atoms with Gasteiger partial charge in [-0.3, -0.25) is 4.79 Å². The number of rotatable bonds is 7. The monoisotopic (exact) mass is 403 g/mol. The fourth-order valence-corrected chi connectivity index (χ4v) is 2.93. The molecule has 6 nitrogen and oxygen atoms in total. The van der Waals surface area contributed by atoms with Crippen LogP contribution in [-0.2, 0) is 4.79 Å². The van der Waals surface area contributed by atoms with Gasteiger partial charge in [0.25, 0.3) is 0 Å². The Morgan fingerprint density at radius 3 is 2.75 bits per heavy atom. The van der Waals surface area contributed by atoms with Gasteiger partial charge in [0.1, 0.15) is 13.2 Å². The maximum Gasteiger partial charge on any atom is 0.248 e. The Hall–Kier alpha value is -2.86. The molecule has 0 radical (unpaired) electrons. The van der Waals surface area contributed by atoms with E-state index < -0.39 is 0 Å². The van der Waals surface area contributed by atoms with Gasteiger partial charge in [0, 0.05) is 17.8 Å². The van der Waals surface area contributed by atoms with Gasteiger partial charge in [-0.25, -0.2) is 0 Å². The average molecular weight is 404 g/mol.